The number of aryl methyl sites for hydroxylation is 1. The van der Waals surface area contributed by atoms with Crippen LogP contribution in [0, 0.1) is 6.92 Å². The summed E-state index contributed by atoms with van der Waals surface area (Å²) in [5.74, 6) is -0.0756. The zero-order chi connectivity index (χ0) is 21.3. The van der Waals surface area contributed by atoms with Gasteiger partial charge in [-0.1, -0.05) is 17.4 Å². The zero-order valence-corrected chi connectivity index (χ0v) is 18.7. The summed E-state index contributed by atoms with van der Waals surface area (Å²) >= 11 is 2.95. The Bertz CT molecular complexity index is 1090. The third-order valence-corrected chi connectivity index (χ3v) is 6.54. The van der Waals surface area contributed by atoms with Gasteiger partial charge in [0.1, 0.15) is 0 Å². The molecule has 3 aromatic rings. The van der Waals surface area contributed by atoms with Gasteiger partial charge < -0.3 is 10.6 Å². The molecule has 0 atom stereocenters. The first-order valence-corrected chi connectivity index (χ1v) is 11.4. The number of benzene rings is 1. The number of carbonyl (C=O) groups is 2. The number of amides is 3. The highest BCUT2D eigenvalue weighted by Gasteiger charge is 2.23. The summed E-state index contributed by atoms with van der Waals surface area (Å²) in [7, 11) is 0. The minimum absolute atomic E-state index is 0.0630. The van der Waals surface area contributed by atoms with E-state index in [2.05, 4.69) is 36.9 Å². The van der Waals surface area contributed by atoms with Crippen molar-refractivity contribution in [2.45, 2.75) is 39.8 Å². The summed E-state index contributed by atoms with van der Waals surface area (Å²) in [5.41, 5.74) is 3.07. The SMILES string of the molecule is Cc1ccc2nc(NC(=O)CN3CCc4nc(NC(=O)NC(C)C)sc4C3)sc2c1. The number of rotatable bonds is 5. The molecule has 0 fully saturated rings. The van der Waals surface area contributed by atoms with Gasteiger partial charge in [-0.15, -0.1) is 11.3 Å². The fourth-order valence-electron chi connectivity index (χ4n) is 3.28. The van der Waals surface area contributed by atoms with E-state index in [0.29, 0.717) is 23.4 Å². The van der Waals surface area contributed by atoms with E-state index < -0.39 is 0 Å². The molecule has 3 N–H and O–H groups in total. The van der Waals surface area contributed by atoms with Crippen LogP contribution in [-0.4, -0.2) is 45.9 Å². The van der Waals surface area contributed by atoms with Crippen molar-refractivity contribution in [2.24, 2.45) is 0 Å². The average Bonchev–Trinajstić information content (AvgIpc) is 3.22. The molecule has 30 heavy (non-hydrogen) atoms. The largest absolute Gasteiger partial charge is 0.336 e. The molecule has 158 valence electrons. The number of hydrogen-bond acceptors (Lipinski definition) is 7. The monoisotopic (exact) mass is 444 g/mol. The van der Waals surface area contributed by atoms with Gasteiger partial charge in [0, 0.05) is 30.4 Å². The van der Waals surface area contributed by atoms with Crippen molar-refractivity contribution < 1.29 is 9.59 Å². The first-order chi connectivity index (χ1) is 14.4. The number of urea groups is 1. The molecule has 4 rings (SSSR count). The fourth-order valence-corrected chi connectivity index (χ4v) is 5.31. The molecule has 8 nitrogen and oxygen atoms in total. The second-order valence-electron chi connectivity index (χ2n) is 7.64. The van der Waals surface area contributed by atoms with Gasteiger partial charge in [-0.3, -0.25) is 15.0 Å². The number of nitrogens with zero attached hydrogens (tertiary/aromatic N) is 3. The molecule has 0 radical (unpaired) electrons. The van der Waals surface area contributed by atoms with E-state index in [9.17, 15) is 9.59 Å². The number of aromatic nitrogens is 2. The topological polar surface area (TPSA) is 99.2 Å². The predicted molar refractivity (Wildman–Crippen MR) is 121 cm³/mol. The molecular weight excluding hydrogens is 420 g/mol. The summed E-state index contributed by atoms with van der Waals surface area (Å²) in [5, 5.41) is 9.72. The fraction of sp³-hybridized carbons (Fsp3) is 0.400. The van der Waals surface area contributed by atoms with Crippen molar-refractivity contribution in [3.63, 3.8) is 0 Å². The molecule has 1 aliphatic heterocycles. The molecule has 1 aliphatic rings. The molecule has 3 heterocycles. The second-order valence-corrected chi connectivity index (χ2v) is 9.76. The molecule has 0 aliphatic carbocycles. The van der Waals surface area contributed by atoms with Crippen molar-refractivity contribution in [3.05, 3.63) is 34.3 Å². The van der Waals surface area contributed by atoms with Crippen LogP contribution < -0.4 is 16.0 Å². The number of nitrogens with one attached hydrogen (secondary N) is 3. The van der Waals surface area contributed by atoms with Crippen molar-refractivity contribution in [3.8, 4) is 0 Å². The van der Waals surface area contributed by atoms with Gasteiger partial charge >= 0.3 is 6.03 Å². The standard InChI is InChI=1S/C20H24N6O2S2/c1-11(2)21-18(28)25-20-23-14-6-7-26(9-16(14)30-20)10-17(27)24-19-22-13-5-4-12(3)8-15(13)29-19/h4-5,8,11H,6-7,9-10H2,1-3H3,(H,22,24,27)(H2,21,23,25,28). The van der Waals surface area contributed by atoms with Crippen molar-refractivity contribution in [2.75, 3.05) is 23.7 Å². The van der Waals surface area contributed by atoms with Crippen LogP contribution in [-0.2, 0) is 17.8 Å². The highest BCUT2D eigenvalue weighted by Crippen LogP contribution is 2.29. The van der Waals surface area contributed by atoms with E-state index >= 15 is 0 Å². The molecule has 2 aromatic heterocycles. The van der Waals surface area contributed by atoms with Crippen LogP contribution in [0.5, 0.6) is 0 Å². The number of anilines is 2. The highest BCUT2D eigenvalue weighted by molar-refractivity contribution is 7.22. The number of carbonyl (C=O) groups excluding carboxylic acids is 2. The third kappa shape index (κ3) is 4.94. The summed E-state index contributed by atoms with van der Waals surface area (Å²) in [6, 6.07) is 5.88. The average molecular weight is 445 g/mol. The van der Waals surface area contributed by atoms with Gasteiger partial charge in [0.15, 0.2) is 10.3 Å². The van der Waals surface area contributed by atoms with E-state index in [-0.39, 0.29) is 18.0 Å². The van der Waals surface area contributed by atoms with Crippen molar-refractivity contribution in [1.82, 2.24) is 20.2 Å². The quantitative estimate of drug-likeness (QED) is 0.559. The second kappa shape index (κ2) is 8.66. The zero-order valence-electron chi connectivity index (χ0n) is 17.1. The Morgan fingerprint density at radius 3 is 2.77 bits per heavy atom. The van der Waals surface area contributed by atoms with Crippen molar-refractivity contribution >= 4 is 55.1 Å². The summed E-state index contributed by atoms with van der Waals surface area (Å²) in [6.07, 6.45) is 0.757. The molecule has 0 saturated heterocycles. The summed E-state index contributed by atoms with van der Waals surface area (Å²) in [6.45, 7) is 7.55. The van der Waals surface area contributed by atoms with E-state index in [1.165, 1.54) is 28.2 Å². The van der Waals surface area contributed by atoms with Gasteiger partial charge in [0.25, 0.3) is 0 Å². The summed E-state index contributed by atoms with van der Waals surface area (Å²) in [4.78, 5) is 36.6. The Kier molecular flexibility index (Phi) is 5.98. The Balaban J connectivity index is 1.34. The Morgan fingerprint density at radius 1 is 1.17 bits per heavy atom. The smallest absolute Gasteiger partial charge is 0.321 e. The maximum atomic E-state index is 12.5. The van der Waals surface area contributed by atoms with Gasteiger partial charge in [0.2, 0.25) is 5.91 Å². The van der Waals surface area contributed by atoms with E-state index in [4.69, 9.17) is 0 Å². The van der Waals surface area contributed by atoms with E-state index in [1.54, 1.807) is 0 Å². The number of thiazole rings is 2. The first kappa shape index (κ1) is 20.7. The maximum absolute atomic E-state index is 12.5. The maximum Gasteiger partial charge on any atom is 0.321 e. The van der Waals surface area contributed by atoms with Gasteiger partial charge in [-0.05, 0) is 38.5 Å². The Labute approximate surface area is 182 Å². The van der Waals surface area contributed by atoms with Crippen molar-refractivity contribution in [1.29, 1.82) is 0 Å². The van der Waals surface area contributed by atoms with Crippen LogP contribution in [0.3, 0.4) is 0 Å². The third-order valence-electron chi connectivity index (χ3n) is 4.61. The number of hydrogen-bond donors (Lipinski definition) is 3. The lowest BCUT2D eigenvalue weighted by Crippen LogP contribution is -2.36. The number of fused-ring (bicyclic) bond motifs is 2. The van der Waals surface area contributed by atoms with E-state index in [1.807, 2.05) is 32.9 Å². The summed E-state index contributed by atoms with van der Waals surface area (Å²) < 4.78 is 1.07. The molecule has 3 amide bonds. The van der Waals surface area contributed by atoms with Gasteiger partial charge in [-0.2, -0.15) is 0 Å². The Morgan fingerprint density at radius 2 is 1.97 bits per heavy atom. The lowest BCUT2D eigenvalue weighted by atomic mass is 10.2. The minimum Gasteiger partial charge on any atom is -0.336 e. The predicted octanol–water partition coefficient (Wildman–Crippen LogP) is 3.59. The molecule has 0 unspecified atom stereocenters. The van der Waals surface area contributed by atoms with Crippen LogP contribution in [0.4, 0.5) is 15.1 Å². The van der Waals surface area contributed by atoms with Crippen LogP contribution in [0.15, 0.2) is 18.2 Å². The minimum atomic E-state index is -0.252. The molecule has 0 saturated carbocycles. The molecular formula is C20H24N6O2S2. The van der Waals surface area contributed by atoms with Gasteiger partial charge in [-0.25, -0.2) is 14.8 Å². The van der Waals surface area contributed by atoms with Crippen LogP contribution >= 0.6 is 22.7 Å². The van der Waals surface area contributed by atoms with Crippen LogP contribution in [0.1, 0.15) is 30.0 Å². The molecule has 1 aromatic carbocycles. The van der Waals surface area contributed by atoms with Crippen LogP contribution in [0.2, 0.25) is 0 Å². The first-order valence-electron chi connectivity index (χ1n) is 9.81. The van der Waals surface area contributed by atoms with Gasteiger partial charge in [0.05, 0.1) is 22.5 Å². The Hall–Kier alpha value is -2.56. The molecule has 0 bridgehead atoms. The lowest BCUT2D eigenvalue weighted by molar-refractivity contribution is -0.117. The van der Waals surface area contributed by atoms with E-state index in [0.717, 1.165) is 33.8 Å². The highest BCUT2D eigenvalue weighted by atomic mass is 32.1. The molecule has 0 spiro atoms. The lowest BCUT2D eigenvalue weighted by Gasteiger charge is -2.24. The molecule has 10 heteroatoms. The normalized spacial score (nSPS) is 14.0. The van der Waals surface area contributed by atoms with Crippen LogP contribution in [0.25, 0.3) is 10.2 Å².